The number of hydrogen-bond acceptors (Lipinski definition) is 5. The third-order valence-corrected chi connectivity index (χ3v) is 12.6. The molecule has 1 amide bonds. The normalized spacial score (nSPS) is 14.4. The van der Waals surface area contributed by atoms with E-state index in [2.05, 4.69) is 43.5 Å². The summed E-state index contributed by atoms with van der Waals surface area (Å²) in [7, 11) is 1.56. The number of phosphoric ester groups is 1. The van der Waals surface area contributed by atoms with Crippen LogP contribution < -0.4 is 5.32 Å². The van der Waals surface area contributed by atoms with Gasteiger partial charge in [-0.05, 0) is 57.8 Å². The van der Waals surface area contributed by atoms with Gasteiger partial charge in [0.1, 0.15) is 13.2 Å². The van der Waals surface area contributed by atoms with Crippen LogP contribution in [0.15, 0.2) is 36.5 Å². The topological polar surface area (TPSA) is 105 Å². The number of unbranched alkanes of at least 4 members (excludes halogenated alkanes) is 30. The third-order valence-electron chi connectivity index (χ3n) is 11.6. The van der Waals surface area contributed by atoms with Gasteiger partial charge in [-0.15, -0.1) is 0 Å². The minimum absolute atomic E-state index is 0.0561. The number of quaternary nitrogens is 1. The maximum atomic E-state index is 12.9. The summed E-state index contributed by atoms with van der Waals surface area (Å²) in [6.45, 7) is 4.80. The van der Waals surface area contributed by atoms with Crippen molar-refractivity contribution in [1.82, 2.24) is 5.32 Å². The smallest absolute Gasteiger partial charge is 0.387 e. The van der Waals surface area contributed by atoms with Crippen LogP contribution in [0.25, 0.3) is 0 Å². The molecule has 61 heavy (non-hydrogen) atoms. The number of carbonyl (C=O) groups is 1. The van der Waals surface area contributed by atoms with Gasteiger partial charge in [0.05, 0.1) is 39.9 Å². The van der Waals surface area contributed by atoms with Crippen molar-refractivity contribution in [3.63, 3.8) is 0 Å². The molecule has 3 N–H and O–H groups in total. The molecule has 0 bridgehead atoms. The molecule has 0 heterocycles. The van der Waals surface area contributed by atoms with E-state index in [9.17, 15) is 19.4 Å². The van der Waals surface area contributed by atoms with Crippen molar-refractivity contribution in [3.8, 4) is 0 Å². The molecule has 0 aromatic heterocycles. The highest BCUT2D eigenvalue weighted by atomic mass is 31.2. The summed E-state index contributed by atoms with van der Waals surface area (Å²) < 4.78 is 23.6. The number of amides is 1. The molecule has 0 saturated heterocycles. The quantitative estimate of drug-likeness (QED) is 0.0243. The molecule has 0 radical (unpaired) electrons. The van der Waals surface area contributed by atoms with E-state index in [4.69, 9.17) is 9.05 Å². The fraction of sp³-hybridized carbons (Fsp3) is 0.865. The minimum Gasteiger partial charge on any atom is -0.387 e. The lowest BCUT2D eigenvalue weighted by molar-refractivity contribution is -0.870. The number of phosphoric acid groups is 1. The van der Waals surface area contributed by atoms with Crippen LogP contribution in [0.3, 0.4) is 0 Å². The summed E-state index contributed by atoms with van der Waals surface area (Å²) in [5.74, 6) is -0.188. The zero-order valence-corrected chi connectivity index (χ0v) is 41.8. The molecule has 0 fully saturated rings. The second-order valence-electron chi connectivity index (χ2n) is 18.9. The predicted molar refractivity (Wildman–Crippen MR) is 263 cm³/mol. The van der Waals surface area contributed by atoms with Gasteiger partial charge in [-0.3, -0.25) is 13.8 Å². The number of aliphatic hydroxyl groups is 1. The van der Waals surface area contributed by atoms with E-state index in [1.807, 2.05) is 27.2 Å². The zero-order chi connectivity index (χ0) is 45.0. The number of aliphatic hydroxyl groups excluding tert-OH is 1. The van der Waals surface area contributed by atoms with Crippen molar-refractivity contribution >= 4 is 13.7 Å². The van der Waals surface area contributed by atoms with Crippen molar-refractivity contribution in [3.05, 3.63) is 36.5 Å². The number of rotatable bonds is 47. The van der Waals surface area contributed by atoms with Crippen molar-refractivity contribution in [2.75, 3.05) is 40.9 Å². The van der Waals surface area contributed by atoms with Gasteiger partial charge in [0.25, 0.3) is 0 Å². The Morgan fingerprint density at radius 1 is 0.541 bits per heavy atom. The van der Waals surface area contributed by atoms with Gasteiger partial charge in [-0.25, -0.2) is 4.57 Å². The number of hydrogen-bond donors (Lipinski definition) is 3. The Morgan fingerprint density at radius 2 is 0.902 bits per heavy atom. The van der Waals surface area contributed by atoms with E-state index >= 15 is 0 Å². The van der Waals surface area contributed by atoms with E-state index in [-0.39, 0.29) is 19.1 Å². The molecule has 0 rings (SSSR count). The number of carbonyl (C=O) groups excluding carboxylic acids is 1. The first-order chi connectivity index (χ1) is 29.5. The average Bonchev–Trinajstić information content (AvgIpc) is 3.21. The van der Waals surface area contributed by atoms with Crippen LogP contribution in [0.2, 0.25) is 0 Å². The van der Waals surface area contributed by atoms with Crippen molar-refractivity contribution in [1.29, 1.82) is 0 Å². The monoisotopic (exact) mass is 882 g/mol. The highest BCUT2D eigenvalue weighted by Gasteiger charge is 2.27. The van der Waals surface area contributed by atoms with Gasteiger partial charge in [0.15, 0.2) is 0 Å². The highest BCUT2D eigenvalue weighted by Crippen LogP contribution is 2.43. The molecular weight excluding hydrogens is 780 g/mol. The summed E-state index contributed by atoms with van der Waals surface area (Å²) in [6.07, 6.45) is 55.2. The Kier molecular flexibility index (Phi) is 43.0. The van der Waals surface area contributed by atoms with E-state index in [0.29, 0.717) is 17.4 Å². The molecule has 9 heteroatoms. The molecule has 360 valence electrons. The summed E-state index contributed by atoms with van der Waals surface area (Å²) in [6, 6.07) is -0.863. The first-order valence-corrected chi connectivity index (χ1v) is 27.4. The van der Waals surface area contributed by atoms with Gasteiger partial charge in [0.2, 0.25) is 5.91 Å². The van der Waals surface area contributed by atoms with Crippen LogP contribution >= 0.6 is 7.82 Å². The Balaban J connectivity index is 4.24. The number of allylic oxidation sites excluding steroid dienone is 5. The largest absolute Gasteiger partial charge is 0.472 e. The van der Waals surface area contributed by atoms with Crippen LogP contribution in [0.1, 0.15) is 239 Å². The lowest BCUT2D eigenvalue weighted by Crippen LogP contribution is -2.45. The Labute approximate surface area is 378 Å². The minimum atomic E-state index is -4.35. The summed E-state index contributed by atoms with van der Waals surface area (Å²) >= 11 is 0. The van der Waals surface area contributed by atoms with Crippen LogP contribution in [0, 0.1) is 0 Å². The van der Waals surface area contributed by atoms with Gasteiger partial charge < -0.3 is 19.8 Å². The lowest BCUT2D eigenvalue weighted by atomic mass is 10.0. The maximum absolute atomic E-state index is 12.9. The standard InChI is InChI=1S/C52H101N2O6P/c1-6-8-10-12-14-16-18-20-22-23-24-25-26-27-28-29-30-31-32-34-36-38-40-42-44-46-52(56)53-50(49-60-61(57,58)59-48-47-54(3,4)5)51(55)45-43-41-39-37-35-33-21-19-17-15-13-11-9-7-2/h27-28,35,37,43,45,50-51,55H,6-26,29-34,36,38-42,44,46-49H2,1-5H3,(H-,53,56,57,58)/p+1/b28-27-,37-35+,45-43+. The number of nitrogens with one attached hydrogen (secondary N) is 1. The van der Waals surface area contributed by atoms with Crippen molar-refractivity contribution < 1.29 is 32.9 Å². The summed E-state index contributed by atoms with van der Waals surface area (Å²) in [5.41, 5.74) is 0. The first kappa shape index (κ1) is 59.7. The Hall–Kier alpha value is -1.28. The fourth-order valence-corrected chi connectivity index (χ4v) is 8.20. The van der Waals surface area contributed by atoms with E-state index in [1.54, 1.807) is 6.08 Å². The van der Waals surface area contributed by atoms with Gasteiger partial charge in [0, 0.05) is 6.42 Å². The molecule has 3 unspecified atom stereocenters. The van der Waals surface area contributed by atoms with Crippen LogP contribution in [-0.2, 0) is 18.4 Å². The van der Waals surface area contributed by atoms with Crippen LogP contribution in [0.4, 0.5) is 0 Å². The van der Waals surface area contributed by atoms with Gasteiger partial charge in [-0.2, -0.15) is 0 Å². The molecule has 0 aromatic rings. The van der Waals surface area contributed by atoms with Crippen LogP contribution in [-0.4, -0.2) is 73.4 Å². The third kappa shape index (κ3) is 46.5. The molecule has 3 atom stereocenters. The zero-order valence-electron chi connectivity index (χ0n) is 40.9. The van der Waals surface area contributed by atoms with Crippen LogP contribution in [0.5, 0.6) is 0 Å². The Morgan fingerprint density at radius 3 is 1.31 bits per heavy atom. The second-order valence-corrected chi connectivity index (χ2v) is 20.3. The van der Waals surface area contributed by atoms with E-state index < -0.39 is 20.0 Å². The van der Waals surface area contributed by atoms with Gasteiger partial charge in [-0.1, -0.05) is 211 Å². The maximum Gasteiger partial charge on any atom is 0.472 e. The van der Waals surface area contributed by atoms with E-state index in [0.717, 1.165) is 38.5 Å². The fourth-order valence-electron chi connectivity index (χ4n) is 7.46. The molecular formula is C52H102N2O6P+. The first-order valence-electron chi connectivity index (χ1n) is 25.9. The number of nitrogens with zero attached hydrogens (tertiary/aromatic N) is 1. The average molecular weight is 882 g/mol. The lowest BCUT2D eigenvalue weighted by Gasteiger charge is -2.25. The van der Waals surface area contributed by atoms with E-state index in [1.165, 1.54) is 180 Å². The second kappa shape index (κ2) is 43.9. The summed E-state index contributed by atoms with van der Waals surface area (Å²) in [4.78, 5) is 23.2. The molecule has 8 nitrogen and oxygen atoms in total. The predicted octanol–water partition coefficient (Wildman–Crippen LogP) is 15.0. The molecule has 0 aromatic carbocycles. The molecule has 0 aliphatic carbocycles. The van der Waals surface area contributed by atoms with Crippen molar-refractivity contribution in [2.45, 2.75) is 251 Å². The van der Waals surface area contributed by atoms with Gasteiger partial charge >= 0.3 is 7.82 Å². The number of likely N-dealkylation sites (N-methyl/N-ethyl adjacent to an activating group) is 1. The SMILES string of the molecule is CCCCCCCCCC/C=C/CC/C=C/C(O)C(COP(=O)(O)OCC[N+](C)(C)C)NC(=O)CCCCCCCCCCC/C=C\CCCCCCCCCCCCCC. The summed E-state index contributed by atoms with van der Waals surface area (Å²) in [5, 5.41) is 13.8. The van der Waals surface area contributed by atoms with Crippen molar-refractivity contribution in [2.24, 2.45) is 0 Å². The Bertz CT molecular complexity index is 1090. The molecule has 0 saturated carbocycles. The highest BCUT2D eigenvalue weighted by molar-refractivity contribution is 7.47. The molecule has 0 spiro atoms. The molecule has 0 aliphatic rings. The molecule has 0 aliphatic heterocycles.